The van der Waals surface area contributed by atoms with Crippen LogP contribution in [0.1, 0.15) is 0 Å². The summed E-state index contributed by atoms with van der Waals surface area (Å²) >= 11 is 33.9. The van der Waals surface area contributed by atoms with Gasteiger partial charge >= 0.3 is 7.82 Å². The monoisotopic (exact) mass is 428 g/mol. The molecule has 0 heterocycles. The number of hydrogen-bond donors (Lipinski definition) is 0. The van der Waals surface area contributed by atoms with Gasteiger partial charge in [0.1, 0.15) is 0 Å². The highest BCUT2D eigenvalue weighted by molar-refractivity contribution is 7.48. The summed E-state index contributed by atoms with van der Waals surface area (Å²) in [4.78, 5) is 0. The van der Waals surface area contributed by atoms with Crippen molar-refractivity contribution >= 4 is 77.4 Å². The molecule has 0 aromatic rings. The Kier molecular flexibility index (Phi) is 13.4. The van der Waals surface area contributed by atoms with E-state index in [1.54, 1.807) is 0 Å². The Hall–Kier alpha value is 1.85. The standard InChI is InChI=1S/C9H15Cl6O4P/c10-1-7(13)4-17-20(16,18-5-8(14)2-11)19-6-9(15)3-12/h7-9H,1-6H2/t7-,8-,9-/m0/s1. The number of phosphoric ester groups is 1. The van der Waals surface area contributed by atoms with Crippen LogP contribution >= 0.6 is 77.4 Å². The van der Waals surface area contributed by atoms with Crippen LogP contribution in [0.5, 0.6) is 0 Å². The van der Waals surface area contributed by atoms with E-state index in [4.69, 9.17) is 83.2 Å². The fourth-order valence-corrected chi connectivity index (χ4v) is 2.79. The van der Waals surface area contributed by atoms with Crippen LogP contribution in [-0.4, -0.2) is 53.6 Å². The average molecular weight is 431 g/mol. The van der Waals surface area contributed by atoms with Gasteiger partial charge in [-0.25, -0.2) is 4.57 Å². The number of halogens is 6. The van der Waals surface area contributed by atoms with Crippen LogP contribution in [0.2, 0.25) is 0 Å². The largest absolute Gasteiger partial charge is 0.474 e. The number of hydrogen-bond acceptors (Lipinski definition) is 4. The zero-order valence-corrected chi connectivity index (χ0v) is 15.8. The van der Waals surface area contributed by atoms with Gasteiger partial charge in [-0.1, -0.05) is 0 Å². The molecule has 3 atom stereocenters. The van der Waals surface area contributed by atoms with Gasteiger partial charge in [-0.05, 0) is 0 Å². The highest BCUT2D eigenvalue weighted by atomic mass is 35.5. The second kappa shape index (κ2) is 12.3. The van der Waals surface area contributed by atoms with Crippen molar-refractivity contribution in [3.8, 4) is 0 Å². The van der Waals surface area contributed by atoms with Gasteiger partial charge in [0.25, 0.3) is 0 Å². The lowest BCUT2D eigenvalue weighted by Crippen LogP contribution is -2.17. The van der Waals surface area contributed by atoms with Gasteiger partial charge < -0.3 is 0 Å². The van der Waals surface area contributed by atoms with E-state index >= 15 is 0 Å². The molecule has 0 amide bonds. The van der Waals surface area contributed by atoms with E-state index in [-0.39, 0.29) is 37.5 Å². The zero-order chi connectivity index (χ0) is 15.6. The quantitative estimate of drug-likeness (QED) is 0.333. The third-order valence-electron chi connectivity index (χ3n) is 1.74. The summed E-state index contributed by atoms with van der Waals surface area (Å²) < 4.78 is 27.5. The highest BCUT2D eigenvalue weighted by Gasteiger charge is 2.30. The topological polar surface area (TPSA) is 44.8 Å². The molecule has 0 aromatic heterocycles. The Bertz CT molecular complexity index is 255. The molecular formula is C9H15Cl6O4P. The van der Waals surface area contributed by atoms with E-state index in [1.165, 1.54) is 0 Å². The molecule has 0 aliphatic carbocycles. The molecule has 0 saturated heterocycles. The van der Waals surface area contributed by atoms with Crippen molar-refractivity contribution in [3.05, 3.63) is 0 Å². The fourth-order valence-electron chi connectivity index (χ4n) is 0.762. The first-order valence-corrected chi connectivity index (χ1v) is 9.88. The maximum Gasteiger partial charge on any atom is 0.474 e. The molecule has 20 heavy (non-hydrogen) atoms. The van der Waals surface area contributed by atoms with Crippen molar-refractivity contribution in [1.29, 1.82) is 0 Å². The molecule has 0 saturated carbocycles. The van der Waals surface area contributed by atoms with Gasteiger partial charge in [-0.2, -0.15) is 0 Å². The minimum Gasteiger partial charge on any atom is -0.285 e. The van der Waals surface area contributed by atoms with Crippen LogP contribution in [0.4, 0.5) is 0 Å². The molecule has 11 heteroatoms. The smallest absolute Gasteiger partial charge is 0.285 e. The average Bonchev–Trinajstić information content (AvgIpc) is 2.47. The molecule has 0 fully saturated rings. The van der Waals surface area contributed by atoms with Gasteiger partial charge in [0.05, 0.1) is 36.0 Å². The van der Waals surface area contributed by atoms with Gasteiger partial charge in [-0.15, -0.1) is 69.6 Å². The Morgan fingerprint density at radius 2 is 0.950 bits per heavy atom. The van der Waals surface area contributed by atoms with Crippen LogP contribution in [0.15, 0.2) is 0 Å². The lowest BCUT2D eigenvalue weighted by molar-refractivity contribution is 0.115. The van der Waals surface area contributed by atoms with Gasteiger partial charge in [0.15, 0.2) is 0 Å². The second-order valence-electron chi connectivity index (χ2n) is 3.59. The number of phosphoric acid groups is 1. The summed E-state index contributed by atoms with van der Waals surface area (Å²) in [6.07, 6.45) is 0. The summed E-state index contributed by atoms with van der Waals surface area (Å²) in [7, 11) is -3.85. The highest BCUT2D eigenvalue weighted by Crippen LogP contribution is 2.50. The van der Waals surface area contributed by atoms with Crippen LogP contribution in [0, 0.1) is 0 Å². The molecule has 0 N–H and O–H groups in total. The van der Waals surface area contributed by atoms with Crippen molar-refractivity contribution < 1.29 is 18.1 Å². The van der Waals surface area contributed by atoms with Gasteiger partial charge in [0.2, 0.25) is 0 Å². The summed E-state index contributed by atoms with van der Waals surface area (Å²) in [5, 5.41) is -1.59. The van der Waals surface area contributed by atoms with Crippen molar-refractivity contribution in [2.45, 2.75) is 16.1 Å². The molecule has 0 aliphatic rings. The fraction of sp³-hybridized carbons (Fsp3) is 1.00. The Balaban J connectivity index is 4.45. The van der Waals surface area contributed by atoms with Crippen LogP contribution < -0.4 is 0 Å². The first kappa shape index (κ1) is 21.9. The first-order chi connectivity index (χ1) is 9.36. The van der Waals surface area contributed by atoms with Crippen molar-refractivity contribution in [2.75, 3.05) is 37.5 Å². The molecule has 0 radical (unpaired) electrons. The molecule has 0 aliphatic heterocycles. The maximum absolute atomic E-state index is 12.3. The maximum atomic E-state index is 12.3. The van der Waals surface area contributed by atoms with E-state index in [2.05, 4.69) is 0 Å². The molecule has 0 bridgehead atoms. The predicted octanol–water partition coefficient (Wildman–Crippen LogP) is 4.68. The van der Waals surface area contributed by atoms with E-state index in [1.807, 2.05) is 0 Å². The molecule has 0 unspecified atom stereocenters. The number of rotatable bonds is 12. The Morgan fingerprint density at radius 1 is 0.700 bits per heavy atom. The van der Waals surface area contributed by atoms with E-state index in [9.17, 15) is 4.57 Å². The lowest BCUT2D eigenvalue weighted by atomic mass is 10.5. The third kappa shape index (κ3) is 10.6. The van der Waals surface area contributed by atoms with E-state index in [0.717, 1.165) is 0 Å². The predicted molar refractivity (Wildman–Crippen MR) is 86.5 cm³/mol. The summed E-state index contributed by atoms with van der Waals surface area (Å²) in [6.45, 7) is -0.321. The van der Waals surface area contributed by atoms with Crippen LogP contribution in [0.3, 0.4) is 0 Å². The third-order valence-corrected chi connectivity index (χ3v) is 5.57. The van der Waals surface area contributed by atoms with Crippen molar-refractivity contribution in [1.82, 2.24) is 0 Å². The van der Waals surface area contributed by atoms with Crippen LogP contribution in [-0.2, 0) is 18.1 Å². The van der Waals surface area contributed by atoms with Gasteiger partial charge in [-0.3, -0.25) is 13.6 Å². The molecular weight excluding hydrogens is 416 g/mol. The van der Waals surface area contributed by atoms with E-state index in [0.29, 0.717) is 0 Å². The Morgan fingerprint density at radius 3 is 1.15 bits per heavy atom. The number of alkyl halides is 6. The van der Waals surface area contributed by atoms with E-state index < -0.39 is 24.0 Å². The first-order valence-electron chi connectivity index (χ1n) is 5.50. The molecule has 4 nitrogen and oxygen atoms in total. The second-order valence-corrected chi connectivity index (χ2v) is 8.04. The minimum absolute atomic E-state index is 0.107. The minimum atomic E-state index is -3.85. The lowest BCUT2D eigenvalue weighted by Gasteiger charge is -2.20. The Labute approximate surface area is 148 Å². The SMILES string of the molecule is O=P(OC[C@@H](Cl)CCl)(OC[C@@H](Cl)CCl)OC[C@@H](Cl)CCl. The molecule has 122 valence electrons. The molecule has 0 rings (SSSR count). The molecule has 0 aromatic carbocycles. The van der Waals surface area contributed by atoms with Crippen LogP contribution in [0.25, 0.3) is 0 Å². The van der Waals surface area contributed by atoms with Gasteiger partial charge in [0, 0.05) is 17.6 Å². The zero-order valence-electron chi connectivity index (χ0n) is 10.3. The van der Waals surface area contributed by atoms with Crippen molar-refractivity contribution in [3.63, 3.8) is 0 Å². The summed E-state index contributed by atoms with van der Waals surface area (Å²) in [5.41, 5.74) is 0. The summed E-state index contributed by atoms with van der Waals surface area (Å²) in [5.74, 6) is 0.379. The summed E-state index contributed by atoms with van der Waals surface area (Å²) in [6, 6.07) is 0. The van der Waals surface area contributed by atoms with Crippen molar-refractivity contribution in [2.24, 2.45) is 0 Å². The normalized spacial score (nSPS) is 16.9. The molecule has 0 spiro atoms.